The zero-order chi connectivity index (χ0) is 23.6. The zero-order valence-electron chi connectivity index (χ0n) is 20.1. The van der Waals surface area contributed by atoms with Crippen molar-refractivity contribution in [2.45, 2.75) is 65.8 Å². The third-order valence-electron chi connectivity index (χ3n) is 6.41. The third kappa shape index (κ3) is 4.68. The van der Waals surface area contributed by atoms with Gasteiger partial charge < -0.3 is 10.1 Å². The number of fused-ring (bicyclic) bond motifs is 1. The number of nitrogens with one attached hydrogen (secondary N) is 1. The predicted octanol–water partition coefficient (Wildman–Crippen LogP) is 6.42. The van der Waals surface area contributed by atoms with Crippen LogP contribution in [0.5, 0.6) is 5.75 Å². The molecule has 1 aliphatic carbocycles. The molecule has 5 nitrogen and oxygen atoms in total. The topological polar surface area (TPSA) is 58.6 Å². The van der Waals surface area contributed by atoms with Gasteiger partial charge in [-0.2, -0.15) is 0 Å². The SMILES string of the molecule is CCCCOc1cccc([C@H]2C3=C(CC(C)(C)CC3=O)Nc3ccccc3N2C(=O)CC)c1. The van der Waals surface area contributed by atoms with E-state index in [1.54, 1.807) is 0 Å². The number of nitrogens with zero attached hydrogens (tertiary/aromatic N) is 1. The first kappa shape index (κ1) is 23.1. The molecule has 0 aromatic heterocycles. The Balaban J connectivity index is 1.91. The van der Waals surface area contributed by atoms with Crippen molar-refractivity contribution in [1.29, 1.82) is 0 Å². The largest absolute Gasteiger partial charge is 0.494 e. The number of unbranched alkanes of at least 4 members (excludes halogenated alkanes) is 1. The van der Waals surface area contributed by atoms with Crippen molar-refractivity contribution in [2.75, 3.05) is 16.8 Å². The van der Waals surface area contributed by atoms with Gasteiger partial charge in [0.25, 0.3) is 0 Å². The Morgan fingerprint density at radius 1 is 1.12 bits per heavy atom. The first-order valence-corrected chi connectivity index (χ1v) is 12.0. The fourth-order valence-corrected chi connectivity index (χ4v) is 4.86. The number of Topliss-reactive ketones (excluding diaryl/α,β-unsaturated/α-hetero) is 1. The number of hydrogen-bond acceptors (Lipinski definition) is 4. The maximum atomic E-state index is 13.6. The summed E-state index contributed by atoms with van der Waals surface area (Å²) in [5, 5.41) is 3.55. The van der Waals surface area contributed by atoms with Crippen LogP contribution in [0.3, 0.4) is 0 Å². The monoisotopic (exact) mass is 446 g/mol. The molecule has 33 heavy (non-hydrogen) atoms. The zero-order valence-corrected chi connectivity index (χ0v) is 20.1. The summed E-state index contributed by atoms with van der Waals surface area (Å²) in [5.41, 5.74) is 4.01. The molecule has 0 spiro atoms. The van der Waals surface area contributed by atoms with Crippen LogP contribution < -0.4 is 15.0 Å². The molecule has 1 N–H and O–H groups in total. The number of rotatable bonds is 6. The average Bonchev–Trinajstić information content (AvgIpc) is 2.92. The van der Waals surface area contributed by atoms with E-state index in [0.29, 0.717) is 25.0 Å². The Bertz CT molecular complexity index is 1090. The Hall–Kier alpha value is -3.08. The second-order valence-corrected chi connectivity index (χ2v) is 9.77. The van der Waals surface area contributed by atoms with Crippen LogP contribution in [0.15, 0.2) is 59.8 Å². The maximum Gasteiger partial charge on any atom is 0.227 e. The van der Waals surface area contributed by atoms with Gasteiger partial charge in [0.15, 0.2) is 5.78 Å². The molecule has 1 atom stereocenters. The van der Waals surface area contributed by atoms with Crippen LogP contribution in [0.1, 0.15) is 71.4 Å². The molecular formula is C28H34N2O3. The number of allylic oxidation sites excluding steroid dienone is 1. The van der Waals surface area contributed by atoms with Crippen LogP contribution in [0.2, 0.25) is 0 Å². The average molecular weight is 447 g/mol. The third-order valence-corrected chi connectivity index (χ3v) is 6.41. The van der Waals surface area contributed by atoms with E-state index in [1.165, 1.54) is 0 Å². The number of ether oxygens (including phenoxy) is 1. The summed E-state index contributed by atoms with van der Waals surface area (Å²) in [5.74, 6) is 0.844. The number of ketones is 1. The Morgan fingerprint density at radius 3 is 2.67 bits per heavy atom. The lowest BCUT2D eigenvalue weighted by Crippen LogP contribution is -2.39. The van der Waals surface area contributed by atoms with Crippen molar-refractivity contribution < 1.29 is 14.3 Å². The van der Waals surface area contributed by atoms with Gasteiger partial charge in [0.05, 0.1) is 24.0 Å². The van der Waals surface area contributed by atoms with Crippen molar-refractivity contribution >= 4 is 23.1 Å². The number of carbonyl (C=O) groups is 2. The number of anilines is 2. The van der Waals surface area contributed by atoms with E-state index in [4.69, 9.17) is 4.74 Å². The van der Waals surface area contributed by atoms with E-state index in [2.05, 4.69) is 26.1 Å². The molecule has 4 rings (SSSR count). The van der Waals surface area contributed by atoms with Gasteiger partial charge in [-0.15, -0.1) is 0 Å². The van der Waals surface area contributed by atoms with Gasteiger partial charge >= 0.3 is 0 Å². The Labute approximate surface area is 196 Å². The Kier molecular flexibility index (Phi) is 6.59. The minimum atomic E-state index is -0.498. The fourth-order valence-electron chi connectivity index (χ4n) is 4.86. The number of benzene rings is 2. The van der Waals surface area contributed by atoms with Crippen molar-refractivity contribution in [3.8, 4) is 5.75 Å². The molecule has 1 aliphatic heterocycles. The highest BCUT2D eigenvalue weighted by Gasteiger charge is 2.42. The van der Waals surface area contributed by atoms with Crippen molar-refractivity contribution in [3.63, 3.8) is 0 Å². The summed E-state index contributed by atoms with van der Waals surface area (Å²) >= 11 is 0. The smallest absolute Gasteiger partial charge is 0.227 e. The molecule has 0 fully saturated rings. The second-order valence-electron chi connectivity index (χ2n) is 9.77. The molecule has 1 heterocycles. The van der Waals surface area contributed by atoms with Crippen LogP contribution in [0.25, 0.3) is 0 Å². The normalized spacial score (nSPS) is 19.3. The lowest BCUT2D eigenvalue weighted by Gasteiger charge is -2.37. The molecule has 1 amide bonds. The van der Waals surface area contributed by atoms with Crippen molar-refractivity contribution in [3.05, 3.63) is 65.4 Å². The predicted molar refractivity (Wildman–Crippen MR) is 132 cm³/mol. The summed E-state index contributed by atoms with van der Waals surface area (Å²) in [4.78, 5) is 28.8. The van der Waals surface area contributed by atoms with Crippen LogP contribution in [0.4, 0.5) is 11.4 Å². The van der Waals surface area contributed by atoms with Crippen LogP contribution in [0, 0.1) is 5.41 Å². The number of hydrogen-bond donors (Lipinski definition) is 1. The summed E-state index contributed by atoms with van der Waals surface area (Å²) in [7, 11) is 0. The van der Waals surface area contributed by atoms with Crippen LogP contribution in [-0.4, -0.2) is 18.3 Å². The lowest BCUT2D eigenvalue weighted by molar-refractivity contribution is -0.119. The standard InChI is InChI=1S/C28H34N2O3/c1-5-7-15-33-20-12-10-11-19(16-20)27-26-22(17-28(3,4)18-24(26)31)29-21-13-8-9-14-23(21)30(27)25(32)6-2/h8-14,16,27,29H,5-7,15,17-18H2,1-4H3/t27-/m0/s1. The molecule has 2 aliphatic rings. The molecule has 0 radical (unpaired) electrons. The van der Waals surface area contributed by atoms with E-state index in [9.17, 15) is 9.59 Å². The molecule has 2 aromatic rings. The molecule has 5 heteroatoms. The first-order chi connectivity index (χ1) is 15.8. The fraction of sp³-hybridized carbons (Fsp3) is 0.429. The van der Waals surface area contributed by atoms with Gasteiger partial charge in [-0.1, -0.05) is 58.4 Å². The van der Waals surface area contributed by atoms with Gasteiger partial charge in [-0.05, 0) is 48.1 Å². The van der Waals surface area contributed by atoms with Crippen LogP contribution in [-0.2, 0) is 9.59 Å². The molecule has 2 aromatic carbocycles. The molecule has 0 bridgehead atoms. The first-order valence-electron chi connectivity index (χ1n) is 12.0. The maximum absolute atomic E-state index is 13.6. The second kappa shape index (κ2) is 9.42. The van der Waals surface area contributed by atoms with E-state index < -0.39 is 6.04 Å². The summed E-state index contributed by atoms with van der Waals surface area (Å²) in [6, 6.07) is 15.2. The van der Waals surface area contributed by atoms with Crippen molar-refractivity contribution in [2.24, 2.45) is 5.41 Å². The van der Waals surface area contributed by atoms with Gasteiger partial charge in [-0.3, -0.25) is 14.5 Å². The molecule has 0 saturated carbocycles. The Morgan fingerprint density at radius 2 is 1.91 bits per heavy atom. The minimum absolute atomic E-state index is 0.0158. The van der Waals surface area contributed by atoms with Crippen molar-refractivity contribution in [1.82, 2.24) is 0 Å². The van der Waals surface area contributed by atoms with E-state index in [0.717, 1.165) is 47.6 Å². The number of amides is 1. The lowest BCUT2D eigenvalue weighted by atomic mass is 9.73. The number of para-hydroxylation sites is 2. The molecule has 0 saturated heterocycles. The van der Waals surface area contributed by atoms with Gasteiger partial charge in [-0.25, -0.2) is 0 Å². The summed E-state index contributed by atoms with van der Waals surface area (Å²) in [6.45, 7) is 8.90. The number of carbonyl (C=O) groups excluding carboxylic acids is 2. The van der Waals surface area contributed by atoms with Gasteiger partial charge in [0, 0.05) is 24.1 Å². The highest BCUT2D eigenvalue weighted by molar-refractivity contribution is 6.06. The summed E-state index contributed by atoms with van der Waals surface area (Å²) < 4.78 is 5.98. The highest BCUT2D eigenvalue weighted by atomic mass is 16.5. The quantitative estimate of drug-likeness (QED) is 0.520. The van der Waals surface area contributed by atoms with E-state index in [-0.39, 0.29) is 17.1 Å². The van der Waals surface area contributed by atoms with Gasteiger partial charge in [0.2, 0.25) is 5.91 Å². The summed E-state index contributed by atoms with van der Waals surface area (Å²) in [6.07, 6.45) is 3.60. The molecular weight excluding hydrogens is 412 g/mol. The van der Waals surface area contributed by atoms with Crippen LogP contribution >= 0.6 is 0 Å². The minimum Gasteiger partial charge on any atom is -0.494 e. The molecule has 0 unspecified atom stereocenters. The van der Waals surface area contributed by atoms with E-state index >= 15 is 0 Å². The van der Waals surface area contributed by atoms with E-state index in [1.807, 2.05) is 60.4 Å². The highest BCUT2D eigenvalue weighted by Crippen LogP contribution is 2.48. The van der Waals surface area contributed by atoms with Gasteiger partial charge in [0.1, 0.15) is 5.75 Å². The molecule has 174 valence electrons.